The minimum absolute atomic E-state index is 0.167. The van der Waals surface area contributed by atoms with Crippen molar-refractivity contribution in [3.05, 3.63) is 15.9 Å². The van der Waals surface area contributed by atoms with Crippen molar-refractivity contribution in [1.82, 2.24) is 20.0 Å². The summed E-state index contributed by atoms with van der Waals surface area (Å²) >= 11 is 3.62. The van der Waals surface area contributed by atoms with Gasteiger partial charge in [0.2, 0.25) is 0 Å². The molecule has 1 amide bonds. The van der Waals surface area contributed by atoms with Crippen LogP contribution in [-0.2, 0) is 17.8 Å². The van der Waals surface area contributed by atoms with Crippen LogP contribution in [0.4, 0.5) is 4.79 Å². The fourth-order valence-electron chi connectivity index (χ4n) is 2.55. The van der Waals surface area contributed by atoms with Gasteiger partial charge in [0.25, 0.3) is 0 Å². The molecule has 2 rings (SSSR count). The van der Waals surface area contributed by atoms with Crippen LogP contribution in [0.5, 0.6) is 0 Å². The van der Waals surface area contributed by atoms with E-state index in [0.29, 0.717) is 0 Å². The molecule has 0 spiro atoms. The van der Waals surface area contributed by atoms with Crippen LogP contribution >= 0.6 is 15.9 Å². The van der Waals surface area contributed by atoms with E-state index in [1.807, 2.05) is 11.6 Å². The Kier molecular flexibility index (Phi) is 5.04. The number of aryl methyl sites for hydroxylation is 2. The first-order valence-corrected chi connectivity index (χ1v) is 7.63. The second kappa shape index (κ2) is 6.58. The molecule has 1 unspecified atom stereocenters. The number of hydrogen-bond donors (Lipinski definition) is 1. The maximum absolute atomic E-state index is 11.2. The molecule has 0 radical (unpaired) electrons. The lowest BCUT2D eigenvalue weighted by atomic mass is 10.3. The molecule has 0 aromatic carbocycles. The lowest BCUT2D eigenvalue weighted by Crippen LogP contribution is -2.37. The number of amides is 1. The highest BCUT2D eigenvalue weighted by molar-refractivity contribution is 9.10. The minimum Gasteiger partial charge on any atom is -0.453 e. The van der Waals surface area contributed by atoms with Crippen molar-refractivity contribution in [3.63, 3.8) is 0 Å². The van der Waals surface area contributed by atoms with Gasteiger partial charge in [0.15, 0.2) is 0 Å². The van der Waals surface area contributed by atoms with Crippen molar-refractivity contribution in [3.8, 4) is 0 Å². The molecular weight excluding hydrogens is 324 g/mol. The van der Waals surface area contributed by atoms with E-state index in [-0.39, 0.29) is 12.1 Å². The van der Waals surface area contributed by atoms with E-state index in [2.05, 4.69) is 42.9 Å². The maximum atomic E-state index is 11.2. The van der Waals surface area contributed by atoms with Gasteiger partial charge in [-0.25, -0.2) is 4.79 Å². The van der Waals surface area contributed by atoms with Crippen molar-refractivity contribution in [2.24, 2.45) is 0 Å². The summed E-state index contributed by atoms with van der Waals surface area (Å²) in [6.45, 7) is 7.61. The van der Waals surface area contributed by atoms with Crippen LogP contribution in [0.2, 0.25) is 0 Å². The van der Waals surface area contributed by atoms with E-state index >= 15 is 0 Å². The predicted molar refractivity (Wildman–Crippen MR) is 79.6 cm³/mol. The molecule has 2 heterocycles. The number of aromatic nitrogens is 2. The summed E-state index contributed by atoms with van der Waals surface area (Å²) in [7, 11) is 1.39. The van der Waals surface area contributed by atoms with Crippen molar-refractivity contribution < 1.29 is 9.53 Å². The van der Waals surface area contributed by atoms with Crippen LogP contribution in [0.15, 0.2) is 4.47 Å². The zero-order chi connectivity index (χ0) is 14.7. The number of nitrogens with zero attached hydrogens (tertiary/aromatic N) is 3. The quantitative estimate of drug-likeness (QED) is 0.906. The molecule has 6 nitrogen and oxygen atoms in total. The molecule has 1 N–H and O–H groups in total. The third-order valence-corrected chi connectivity index (χ3v) is 4.64. The van der Waals surface area contributed by atoms with Crippen LogP contribution in [-0.4, -0.2) is 47.0 Å². The summed E-state index contributed by atoms with van der Waals surface area (Å²) in [5.74, 6) is 0. The fourth-order valence-corrected chi connectivity index (χ4v) is 2.96. The number of carbonyl (C=O) groups excluding carboxylic acids is 1. The van der Waals surface area contributed by atoms with Gasteiger partial charge < -0.3 is 10.1 Å². The van der Waals surface area contributed by atoms with Crippen LogP contribution in [0.25, 0.3) is 0 Å². The molecule has 0 bridgehead atoms. The monoisotopic (exact) mass is 344 g/mol. The van der Waals surface area contributed by atoms with Crippen LogP contribution in [0.1, 0.15) is 24.7 Å². The number of alkyl carbamates (subject to hydrolysis) is 1. The number of likely N-dealkylation sites (tertiary alicyclic amines) is 1. The van der Waals surface area contributed by atoms with E-state index in [1.165, 1.54) is 12.8 Å². The molecular formula is C13H21BrN4O2. The molecule has 1 atom stereocenters. The van der Waals surface area contributed by atoms with E-state index < -0.39 is 0 Å². The van der Waals surface area contributed by atoms with Crippen molar-refractivity contribution in [2.45, 2.75) is 39.4 Å². The molecule has 112 valence electrons. The largest absolute Gasteiger partial charge is 0.453 e. The summed E-state index contributed by atoms with van der Waals surface area (Å²) in [6.07, 6.45) is 0.596. The van der Waals surface area contributed by atoms with Gasteiger partial charge in [0.05, 0.1) is 23.0 Å². The Balaban J connectivity index is 1.97. The maximum Gasteiger partial charge on any atom is 0.407 e. The third-order valence-electron chi connectivity index (χ3n) is 3.61. The Bertz CT molecular complexity index is 489. The standard InChI is InChI=1S/C13H21BrN4O2/c1-4-18-11(12(14)9(2)16-18)8-17-6-5-10(7-17)15-13(19)20-3/h10H,4-8H2,1-3H3,(H,15,19). The molecule has 1 saturated heterocycles. The van der Waals surface area contributed by atoms with Gasteiger partial charge in [0.1, 0.15) is 0 Å². The van der Waals surface area contributed by atoms with Gasteiger partial charge in [0, 0.05) is 32.2 Å². The molecule has 0 saturated carbocycles. The Morgan fingerprint density at radius 1 is 1.60 bits per heavy atom. The molecule has 0 aliphatic carbocycles. The molecule has 20 heavy (non-hydrogen) atoms. The highest BCUT2D eigenvalue weighted by Gasteiger charge is 2.26. The highest BCUT2D eigenvalue weighted by atomic mass is 79.9. The number of methoxy groups -OCH3 is 1. The number of carbonyl (C=O) groups is 1. The second-order valence-electron chi connectivity index (χ2n) is 5.02. The normalized spacial score (nSPS) is 19.3. The van der Waals surface area contributed by atoms with Crippen LogP contribution in [0, 0.1) is 6.92 Å². The van der Waals surface area contributed by atoms with Crippen molar-refractivity contribution in [2.75, 3.05) is 20.2 Å². The zero-order valence-corrected chi connectivity index (χ0v) is 13.7. The number of ether oxygens (including phenoxy) is 1. The summed E-state index contributed by atoms with van der Waals surface area (Å²) in [4.78, 5) is 13.5. The third kappa shape index (κ3) is 3.32. The smallest absolute Gasteiger partial charge is 0.407 e. The van der Waals surface area contributed by atoms with E-state index in [1.54, 1.807) is 0 Å². The van der Waals surface area contributed by atoms with Gasteiger partial charge in [-0.2, -0.15) is 5.10 Å². The van der Waals surface area contributed by atoms with E-state index in [9.17, 15) is 4.79 Å². The predicted octanol–water partition coefficient (Wildman–Crippen LogP) is 1.90. The summed E-state index contributed by atoms with van der Waals surface area (Å²) < 4.78 is 7.75. The fraction of sp³-hybridized carbons (Fsp3) is 0.692. The summed E-state index contributed by atoms with van der Waals surface area (Å²) in [5, 5.41) is 7.36. The highest BCUT2D eigenvalue weighted by Crippen LogP contribution is 2.24. The first-order valence-electron chi connectivity index (χ1n) is 6.83. The summed E-state index contributed by atoms with van der Waals surface area (Å²) in [6, 6.07) is 0.167. The van der Waals surface area contributed by atoms with Gasteiger partial charge in [-0.15, -0.1) is 0 Å². The number of rotatable bonds is 4. The van der Waals surface area contributed by atoms with Crippen LogP contribution in [0.3, 0.4) is 0 Å². The summed E-state index contributed by atoms with van der Waals surface area (Å²) in [5.41, 5.74) is 2.22. The molecule has 1 aromatic heterocycles. The molecule has 7 heteroatoms. The van der Waals surface area contributed by atoms with Gasteiger partial charge in [-0.05, 0) is 36.2 Å². The average Bonchev–Trinajstić information content (AvgIpc) is 2.98. The number of halogens is 1. The Morgan fingerprint density at radius 3 is 3.00 bits per heavy atom. The molecule has 1 fully saturated rings. The first kappa shape index (κ1) is 15.3. The van der Waals surface area contributed by atoms with Crippen LogP contribution < -0.4 is 5.32 Å². The zero-order valence-electron chi connectivity index (χ0n) is 12.1. The second-order valence-corrected chi connectivity index (χ2v) is 5.81. The molecule has 1 aliphatic rings. The molecule has 1 aromatic rings. The first-order chi connectivity index (χ1) is 9.55. The van der Waals surface area contributed by atoms with Crippen molar-refractivity contribution >= 4 is 22.0 Å². The minimum atomic E-state index is -0.354. The van der Waals surface area contributed by atoms with Gasteiger partial charge in [-0.3, -0.25) is 9.58 Å². The van der Waals surface area contributed by atoms with E-state index in [0.717, 1.165) is 42.8 Å². The Morgan fingerprint density at radius 2 is 2.35 bits per heavy atom. The Hall–Kier alpha value is -1.08. The lowest BCUT2D eigenvalue weighted by Gasteiger charge is -2.17. The van der Waals surface area contributed by atoms with Gasteiger partial charge in [-0.1, -0.05) is 0 Å². The van der Waals surface area contributed by atoms with Gasteiger partial charge >= 0.3 is 6.09 Å². The lowest BCUT2D eigenvalue weighted by molar-refractivity contribution is 0.166. The number of hydrogen-bond acceptors (Lipinski definition) is 4. The average molecular weight is 345 g/mol. The molecule has 1 aliphatic heterocycles. The van der Waals surface area contributed by atoms with Crippen molar-refractivity contribution in [1.29, 1.82) is 0 Å². The van der Waals surface area contributed by atoms with E-state index in [4.69, 9.17) is 0 Å². The topological polar surface area (TPSA) is 59.4 Å². The number of nitrogens with one attached hydrogen (secondary N) is 1. The SMILES string of the molecule is CCn1nc(C)c(Br)c1CN1CCC(NC(=O)OC)C1. The Labute approximate surface area is 127 Å².